The van der Waals surface area contributed by atoms with Gasteiger partial charge < -0.3 is 38.6 Å². The van der Waals surface area contributed by atoms with E-state index in [-0.39, 0.29) is 53.5 Å². The summed E-state index contributed by atoms with van der Waals surface area (Å²) in [4.78, 5) is 26.5. The Morgan fingerprint density at radius 3 is 2.55 bits per heavy atom. The van der Waals surface area contributed by atoms with Crippen molar-refractivity contribution in [3.8, 4) is 0 Å². The third kappa shape index (κ3) is 8.66. The number of methoxy groups -OCH3 is 1. The number of amides is 2. The molecule has 0 aromatic rings. The van der Waals surface area contributed by atoms with Crippen molar-refractivity contribution in [3.63, 3.8) is 0 Å². The molecule has 1 spiro atoms. The number of nitrogens with zero attached hydrogens (tertiary/aromatic N) is 1. The molecule has 4 aliphatic heterocycles. The molecular weight excluding hydrogens is 540 g/mol. The van der Waals surface area contributed by atoms with Gasteiger partial charge in [-0.3, -0.25) is 4.79 Å². The predicted octanol–water partition coefficient (Wildman–Crippen LogP) is 3.94. The molecule has 4 aliphatic rings. The van der Waals surface area contributed by atoms with Crippen LogP contribution in [0.1, 0.15) is 60.8 Å². The van der Waals surface area contributed by atoms with Gasteiger partial charge in [-0.05, 0) is 59.5 Å². The minimum Gasteiger partial charge on any atom is -0.442 e. The van der Waals surface area contributed by atoms with Gasteiger partial charge >= 0.3 is 6.09 Å². The van der Waals surface area contributed by atoms with Crippen LogP contribution >= 0.6 is 0 Å². The average molecular weight is 591 g/mol. The second-order valence-corrected chi connectivity index (χ2v) is 12.8. The third-order valence-electron chi connectivity index (χ3n) is 8.61. The molecule has 0 unspecified atom stereocenters. The summed E-state index contributed by atoms with van der Waals surface area (Å²) in [6.45, 7) is 15.0. The molecule has 10 nitrogen and oxygen atoms in total. The van der Waals surface area contributed by atoms with Gasteiger partial charge in [0.1, 0.15) is 23.9 Å². The number of morpholine rings is 1. The fraction of sp³-hybridized carbons (Fsp3) is 0.750. The van der Waals surface area contributed by atoms with E-state index in [0.29, 0.717) is 32.9 Å². The monoisotopic (exact) mass is 590 g/mol. The Labute approximate surface area is 250 Å². The molecule has 42 heavy (non-hydrogen) atoms. The standard InChI is InChI=1S/C32H50N2O8/c1-21(9-12-27-29(37-7)32(20-39-32)19-31(5,6)42-27)8-11-26-22(2)18-25(24(4)41-26)33-28(35)13-10-23(3)40-30(36)34-14-16-38-17-15-34/h8-10,12-13,22-27,29H,11,14-20H2,1-7H3,(H,33,35)/b12-9+,13-10-,21-8+/t22-,23-,24+,25+,26-,27+,29+,32+/m0/s1. The maximum Gasteiger partial charge on any atom is 0.410 e. The highest BCUT2D eigenvalue weighted by Crippen LogP contribution is 2.47. The lowest BCUT2D eigenvalue weighted by molar-refractivity contribution is -0.180. The van der Waals surface area contributed by atoms with E-state index in [1.54, 1.807) is 25.0 Å². The molecule has 0 bridgehead atoms. The Balaban J connectivity index is 1.22. The van der Waals surface area contributed by atoms with E-state index in [9.17, 15) is 9.59 Å². The zero-order chi connectivity index (χ0) is 30.5. The zero-order valence-electron chi connectivity index (χ0n) is 26.3. The maximum atomic E-state index is 12.6. The quantitative estimate of drug-likeness (QED) is 0.245. The number of nitrogens with one attached hydrogen (secondary N) is 1. The fourth-order valence-electron chi connectivity index (χ4n) is 6.24. The summed E-state index contributed by atoms with van der Waals surface area (Å²) < 4.78 is 35.0. The molecule has 8 atom stereocenters. The Morgan fingerprint density at radius 2 is 1.88 bits per heavy atom. The van der Waals surface area contributed by atoms with Crippen molar-refractivity contribution in [2.45, 2.75) is 109 Å². The molecule has 0 aromatic heterocycles. The topological polar surface area (TPSA) is 108 Å². The van der Waals surface area contributed by atoms with Crippen molar-refractivity contribution < 1.29 is 38.0 Å². The van der Waals surface area contributed by atoms with E-state index < -0.39 is 12.2 Å². The van der Waals surface area contributed by atoms with Crippen molar-refractivity contribution in [3.05, 3.63) is 36.0 Å². The number of hydrogen-bond donors (Lipinski definition) is 1. The number of allylic oxidation sites excluding steroid dienone is 2. The highest BCUT2D eigenvalue weighted by Gasteiger charge is 2.61. The predicted molar refractivity (Wildman–Crippen MR) is 158 cm³/mol. The molecule has 0 saturated carbocycles. The number of carbonyl (C=O) groups excluding carboxylic acids is 2. The number of carbonyl (C=O) groups is 2. The Kier molecular flexibility index (Phi) is 10.9. The first-order valence-corrected chi connectivity index (χ1v) is 15.3. The first kappa shape index (κ1) is 32.7. The van der Waals surface area contributed by atoms with Gasteiger partial charge in [-0.2, -0.15) is 0 Å². The second kappa shape index (κ2) is 14.0. The van der Waals surface area contributed by atoms with E-state index in [0.717, 1.165) is 24.8 Å². The van der Waals surface area contributed by atoms with Crippen molar-refractivity contribution in [1.82, 2.24) is 10.2 Å². The fourth-order valence-corrected chi connectivity index (χ4v) is 6.24. The van der Waals surface area contributed by atoms with Gasteiger partial charge in [0.15, 0.2) is 0 Å². The van der Waals surface area contributed by atoms with Crippen LogP contribution in [-0.4, -0.2) is 105 Å². The first-order valence-electron chi connectivity index (χ1n) is 15.3. The third-order valence-corrected chi connectivity index (χ3v) is 8.61. The van der Waals surface area contributed by atoms with Crippen LogP contribution in [0.2, 0.25) is 0 Å². The number of ether oxygens (including phenoxy) is 6. The van der Waals surface area contributed by atoms with Gasteiger partial charge in [-0.1, -0.05) is 30.7 Å². The second-order valence-electron chi connectivity index (χ2n) is 12.8. The van der Waals surface area contributed by atoms with E-state index in [1.165, 1.54) is 6.08 Å². The summed E-state index contributed by atoms with van der Waals surface area (Å²) in [5, 5.41) is 3.06. The van der Waals surface area contributed by atoms with Crippen LogP contribution < -0.4 is 5.32 Å². The average Bonchev–Trinajstić information content (AvgIpc) is 3.70. The van der Waals surface area contributed by atoms with E-state index in [4.69, 9.17) is 28.4 Å². The molecule has 1 N–H and O–H groups in total. The van der Waals surface area contributed by atoms with Crippen molar-refractivity contribution in [1.29, 1.82) is 0 Å². The van der Waals surface area contributed by atoms with Gasteiger partial charge in [0.2, 0.25) is 5.91 Å². The Hall–Kier alpha value is -2.24. The summed E-state index contributed by atoms with van der Waals surface area (Å²) in [6.07, 6.45) is 10.6. The molecule has 0 aromatic carbocycles. The molecule has 4 heterocycles. The summed E-state index contributed by atoms with van der Waals surface area (Å²) in [5.41, 5.74) is 0.630. The van der Waals surface area contributed by atoms with Crippen LogP contribution in [0.4, 0.5) is 4.79 Å². The molecule has 4 fully saturated rings. The van der Waals surface area contributed by atoms with Gasteiger partial charge in [0.05, 0.1) is 43.7 Å². The van der Waals surface area contributed by atoms with Gasteiger partial charge in [0.25, 0.3) is 0 Å². The van der Waals surface area contributed by atoms with Gasteiger partial charge in [-0.15, -0.1) is 0 Å². The van der Waals surface area contributed by atoms with E-state index >= 15 is 0 Å². The SMILES string of the molecule is CO[C@@H]1[C@@H](/C=C/C(C)=C/C[C@@H]2O[C@H](C)[C@H](NC(=O)/C=C\[C@H](C)OC(=O)N3CCOCC3)C[C@@H]2C)OC(C)(C)C[C@@]12CO2. The van der Waals surface area contributed by atoms with Crippen LogP contribution in [0.25, 0.3) is 0 Å². The Morgan fingerprint density at radius 1 is 1.17 bits per heavy atom. The van der Waals surface area contributed by atoms with Crippen LogP contribution in [0.3, 0.4) is 0 Å². The minimum atomic E-state index is -0.516. The largest absolute Gasteiger partial charge is 0.442 e. The van der Waals surface area contributed by atoms with E-state index in [1.807, 2.05) is 6.92 Å². The highest BCUT2D eigenvalue weighted by atomic mass is 16.6. The smallest absolute Gasteiger partial charge is 0.410 e. The van der Waals surface area contributed by atoms with Gasteiger partial charge in [-0.25, -0.2) is 4.79 Å². The molecule has 236 valence electrons. The summed E-state index contributed by atoms with van der Waals surface area (Å²) in [5.74, 6) is 0.0428. The van der Waals surface area contributed by atoms with Crippen molar-refractivity contribution in [2.24, 2.45) is 5.92 Å². The Bertz CT molecular complexity index is 1030. The number of rotatable bonds is 9. The van der Waals surface area contributed by atoms with E-state index in [2.05, 4.69) is 51.2 Å². The molecule has 10 heteroatoms. The summed E-state index contributed by atoms with van der Waals surface area (Å²) in [6, 6.07) is -0.0978. The van der Waals surface area contributed by atoms with Crippen LogP contribution in [0, 0.1) is 5.92 Å². The number of epoxide rings is 1. The molecular formula is C32H50N2O8. The van der Waals surface area contributed by atoms with Crippen LogP contribution in [0.5, 0.6) is 0 Å². The summed E-state index contributed by atoms with van der Waals surface area (Å²) in [7, 11) is 1.72. The minimum absolute atomic E-state index is 0.0615. The molecule has 4 saturated heterocycles. The van der Waals surface area contributed by atoms with Crippen molar-refractivity contribution in [2.75, 3.05) is 40.0 Å². The number of hydrogen-bond acceptors (Lipinski definition) is 8. The lowest BCUT2D eigenvalue weighted by Gasteiger charge is -2.43. The first-order chi connectivity index (χ1) is 19.9. The van der Waals surface area contributed by atoms with Gasteiger partial charge in [0, 0.05) is 32.7 Å². The van der Waals surface area contributed by atoms with Crippen LogP contribution in [-0.2, 0) is 33.2 Å². The molecule has 0 radical (unpaired) electrons. The highest BCUT2D eigenvalue weighted by molar-refractivity contribution is 5.87. The normalized spacial score (nSPS) is 35.9. The molecule has 0 aliphatic carbocycles. The zero-order valence-corrected chi connectivity index (χ0v) is 26.3. The van der Waals surface area contributed by atoms with Crippen molar-refractivity contribution >= 4 is 12.0 Å². The van der Waals surface area contributed by atoms with Crippen LogP contribution in [0.15, 0.2) is 36.0 Å². The maximum absolute atomic E-state index is 12.6. The molecule has 4 rings (SSSR count). The lowest BCUT2D eigenvalue weighted by atomic mass is 9.83. The summed E-state index contributed by atoms with van der Waals surface area (Å²) >= 11 is 0. The molecule has 2 amide bonds. The lowest BCUT2D eigenvalue weighted by Crippen LogP contribution is -2.54.